The van der Waals surface area contributed by atoms with E-state index in [0.29, 0.717) is 12.5 Å². The zero-order chi connectivity index (χ0) is 8.27. The Labute approximate surface area is 68.2 Å². The minimum atomic E-state index is -0.294. The van der Waals surface area contributed by atoms with Gasteiger partial charge in [-0.25, -0.2) is 0 Å². The molecule has 2 atom stereocenters. The van der Waals surface area contributed by atoms with E-state index in [1.165, 1.54) is 6.42 Å². The maximum Gasteiger partial charge on any atom is 0.0702 e. The number of piperidine rings is 1. The predicted molar refractivity (Wildman–Crippen MR) is 45.3 cm³/mol. The fraction of sp³-hybridized carbons (Fsp3) is 1.00. The topological polar surface area (TPSA) is 49.5 Å². The first-order valence-electron chi connectivity index (χ1n) is 4.30. The highest BCUT2D eigenvalue weighted by atomic mass is 16.3. The largest absolute Gasteiger partial charge is 0.391 e. The summed E-state index contributed by atoms with van der Waals surface area (Å²) in [6, 6.07) is 0. The zero-order valence-corrected chi connectivity index (χ0v) is 7.16. The lowest BCUT2D eigenvalue weighted by Gasteiger charge is -2.32. The summed E-state index contributed by atoms with van der Waals surface area (Å²) in [6.07, 6.45) is 2.03. The van der Waals surface area contributed by atoms with Crippen molar-refractivity contribution in [2.24, 2.45) is 11.7 Å². The van der Waals surface area contributed by atoms with Crippen molar-refractivity contribution >= 4 is 0 Å². The molecule has 1 rings (SSSR count). The number of likely N-dealkylation sites (tertiary alicyclic amines) is 1. The maximum absolute atomic E-state index is 9.45. The standard InChI is InChI=1S/C8H18N2O/c1-10-4-2-3-7(6-10)8(11)5-9/h7-8,11H,2-6,9H2,1H3. The molecule has 11 heavy (non-hydrogen) atoms. The van der Waals surface area contributed by atoms with Crippen molar-refractivity contribution in [1.29, 1.82) is 0 Å². The van der Waals surface area contributed by atoms with Gasteiger partial charge in [0.15, 0.2) is 0 Å². The van der Waals surface area contributed by atoms with Gasteiger partial charge in [-0.1, -0.05) is 0 Å². The number of hydrogen-bond acceptors (Lipinski definition) is 3. The summed E-state index contributed by atoms with van der Waals surface area (Å²) in [5, 5.41) is 9.45. The van der Waals surface area contributed by atoms with Gasteiger partial charge in [0.25, 0.3) is 0 Å². The van der Waals surface area contributed by atoms with E-state index in [1.54, 1.807) is 0 Å². The molecule has 0 aromatic rings. The average Bonchev–Trinajstić information content (AvgIpc) is 2.03. The molecule has 3 N–H and O–H groups in total. The van der Waals surface area contributed by atoms with Gasteiger partial charge in [0.05, 0.1) is 6.10 Å². The van der Waals surface area contributed by atoms with Crippen LogP contribution in [0.5, 0.6) is 0 Å². The van der Waals surface area contributed by atoms with Crippen LogP contribution in [0.3, 0.4) is 0 Å². The summed E-state index contributed by atoms with van der Waals surface area (Å²) in [4.78, 5) is 2.26. The van der Waals surface area contributed by atoms with Crippen LogP contribution in [0.4, 0.5) is 0 Å². The van der Waals surface area contributed by atoms with Gasteiger partial charge in [-0.05, 0) is 32.4 Å². The Morgan fingerprint density at radius 3 is 3.00 bits per heavy atom. The molecule has 0 aromatic carbocycles. The number of aliphatic hydroxyl groups excluding tert-OH is 1. The molecule has 1 heterocycles. The summed E-state index contributed by atoms with van der Waals surface area (Å²) in [5.41, 5.74) is 5.38. The number of aliphatic hydroxyl groups is 1. The molecule has 1 fully saturated rings. The molecule has 1 aliphatic heterocycles. The van der Waals surface area contributed by atoms with E-state index in [4.69, 9.17) is 5.73 Å². The van der Waals surface area contributed by atoms with Crippen molar-refractivity contribution in [2.75, 3.05) is 26.7 Å². The molecule has 0 amide bonds. The van der Waals surface area contributed by atoms with E-state index in [0.717, 1.165) is 19.5 Å². The highest BCUT2D eigenvalue weighted by Gasteiger charge is 2.22. The van der Waals surface area contributed by atoms with Gasteiger partial charge in [0.2, 0.25) is 0 Å². The van der Waals surface area contributed by atoms with Crippen LogP contribution in [-0.4, -0.2) is 42.8 Å². The Morgan fingerprint density at radius 2 is 2.45 bits per heavy atom. The number of hydrogen-bond donors (Lipinski definition) is 2. The Balaban J connectivity index is 2.33. The summed E-state index contributed by atoms with van der Waals surface area (Å²) in [7, 11) is 2.09. The molecule has 0 aromatic heterocycles. The lowest BCUT2D eigenvalue weighted by Crippen LogP contribution is -2.40. The second kappa shape index (κ2) is 4.04. The molecule has 3 heteroatoms. The Morgan fingerprint density at radius 1 is 1.73 bits per heavy atom. The smallest absolute Gasteiger partial charge is 0.0702 e. The summed E-state index contributed by atoms with van der Waals surface area (Å²) in [6.45, 7) is 2.56. The van der Waals surface area contributed by atoms with E-state index in [2.05, 4.69) is 11.9 Å². The first-order valence-corrected chi connectivity index (χ1v) is 4.30. The molecule has 3 nitrogen and oxygen atoms in total. The van der Waals surface area contributed by atoms with Crippen LogP contribution < -0.4 is 5.73 Å². The monoisotopic (exact) mass is 158 g/mol. The van der Waals surface area contributed by atoms with Gasteiger partial charge in [0.1, 0.15) is 0 Å². The van der Waals surface area contributed by atoms with E-state index >= 15 is 0 Å². The molecule has 0 radical (unpaired) electrons. The van der Waals surface area contributed by atoms with Gasteiger partial charge in [-0.2, -0.15) is 0 Å². The molecule has 2 unspecified atom stereocenters. The van der Waals surface area contributed by atoms with Crippen molar-refractivity contribution < 1.29 is 5.11 Å². The van der Waals surface area contributed by atoms with E-state index in [1.807, 2.05) is 0 Å². The van der Waals surface area contributed by atoms with Crippen LogP contribution in [0.15, 0.2) is 0 Å². The van der Waals surface area contributed by atoms with E-state index < -0.39 is 0 Å². The predicted octanol–water partition coefficient (Wildman–Crippen LogP) is -0.352. The SMILES string of the molecule is CN1CCCC(C(O)CN)C1. The van der Waals surface area contributed by atoms with Crippen LogP contribution in [0, 0.1) is 5.92 Å². The molecule has 66 valence electrons. The highest BCUT2D eigenvalue weighted by Crippen LogP contribution is 2.17. The fourth-order valence-corrected chi connectivity index (χ4v) is 1.71. The quantitative estimate of drug-likeness (QED) is 0.577. The van der Waals surface area contributed by atoms with Crippen molar-refractivity contribution in [2.45, 2.75) is 18.9 Å². The van der Waals surface area contributed by atoms with E-state index in [-0.39, 0.29) is 6.10 Å². The maximum atomic E-state index is 9.45. The van der Waals surface area contributed by atoms with Gasteiger partial charge in [-0.15, -0.1) is 0 Å². The molecule has 0 aliphatic carbocycles. The number of nitrogens with zero attached hydrogens (tertiary/aromatic N) is 1. The third-order valence-electron chi connectivity index (χ3n) is 2.45. The van der Waals surface area contributed by atoms with Crippen LogP contribution >= 0.6 is 0 Å². The summed E-state index contributed by atoms with van der Waals surface area (Å²) >= 11 is 0. The molecule has 0 spiro atoms. The van der Waals surface area contributed by atoms with Crippen LogP contribution in [0.2, 0.25) is 0 Å². The van der Waals surface area contributed by atoms with E-state index in [9.17, 15) is 5.11 Å². The zero-order valence-electron chi connectivity index (χ0n) is 7.16. The Bertz CT molecular complexity index is 119. The molecule has 0 saturated carbocycles. The molecule has 1 aliphatic rings. The third kappa shape index (κ3) is 2.43. The molecular weight excluding hydrogens is 140 g/mol. The first-order chi connectivity index (χ1) is 5.24. The van der Waals surface area contributed by atoms with Gasteiger partial charge in [-0.3, -0.25) is 0 Å². The molecular formula is C8H18N2O. The van der Waals surface area contributed by atoms with Crippen molar-refractivity contribution in [3.05, 3.63) is 0 Å². The molecule has 0 bridgehead atoms. The highest BCUT2D eigenvalue weighted by molar-refractivity contribution is 4.76. The van der Waals surface area contributed by atoms with Crippen molar-refractivity contribution in [1.82, 2.24) is 4.90 Å². The first kappa shape index (κ1) is 8.97. The van der Waals surface area contributed by atoms with Gasteiger partial charge in [0, 0.05) is 13.1 Å². The molecule has 1 saturated heterocycles. The van der Waals surface area contributed by atoms with Crippen LogP contribution in [0.1, 0.15) is 12.8 Å². The normalized spacial score (nSPS) is 30.3. The second-order valence-corrected chi connectivity index (χ2v) is 3.47. The Kier molecular flexibility index (Phi) is 3.30. The van der Waals surface area contributed by atoms with Crippen LogP contribution in [0.25, 0.3) is 0 Å². The minimum Gasteiger partial charge on any atom is -0.391 e. The number of nitrogens with two attached hydrogens (primary N) is 1. The Hall–Kier alpha value is -0.120. The fourth-order valence-electron chi connectivity index (χ4n) is 1.71. The van der Waals surface area contributed by atoms with Gasteiger partial charge < -0.3 is 15.7 Å². The number of rotatable bonds is 2. The summed E-state index contributed by atoms with van der Waals surface area (Å²) in [5.74, 6) is 0.402. The third-order valence-corrected chi connectivity index (χ3v) is 2.45. The average molecular weight is 158 g/mol. The second-order valence-electron chi connectivity index (χ2n) is 3.47. The summed E-state index contributed by atoms with van der Waals surface area (Å²) < 4.78 is 0. The van der Waals surface area contributed by atoms with Crippen LogP contribution in [-0.2, 0) is 0 Å². The van der Waals surface area contributed by atoms with Gasteiger partial charge >= 0.3 is 0 Å². The lowest BCUT2D eigenvalue weighted by molar-refractivity contribution is 0.0657. The minimum absolute atomic E-state index is 0.294. The lowest BCUT2D eigenvalue weighted by atomic mass is 9.93. The van der Waals surface area contributed by atoms with Crippen molar-refractivity contribution in [3.63, 3.8) is 0 Å². The van der Waals surface area contributed by atoms with Crippen molar-refractivity contribution in [3.8, 4) is 0 Å².